The second-order valence-electron chi connectivity index (χ2n) is 5.59. The van der Waals surface area contributed by atoms with Crippen LogP contribution in [0.2, 0.25) is 0 Å². The van der Waals surface area contributed by atoms with Crippen molar-refractivity contribution >= 4 is 0 Å². The van der Waals surface area contributed by atoms with Gasteiger partial charge < -0.3 is 10.3 Å². The lowest BCUT2D eigenvalue weighted by Crippen LogP contribution is -2.33. The standard InChI is InChI=1S/C12H19N3/c1-8-5-9(13)6-15-7-10(14-11(8)15)12(2)3-4-12/h7-9H,3-6,13H2,1-2H3. The lowest BCUT2D eigenvalue weighted by atomic mass is 9.98. The molecule has 0 aromatic carbocycles. The fourth-order valence-corrected chi connectivity index (χ4v) is 2.59. The Morgan fingerprint density at radius 2 is 2.27 bits per heavy atom. The van der Waals surface area contributed by atoms with Gasteiger partial charge in [0.05, 0.1) is 5.69 Å². The van der Waals surface area contributed by atoms with Crippen LogP contribution in [-0.4, -0.2) is 15.6 Å². The van der Waals surface area contributed by atoms with Crippen LogP contribution in [-0.2, 0) is 12.0 Å². The van der Waals surface area contributed by atoms with Crippen molar-refractivity contribution in [1.29, 1.82) is 0 Å². The zero-order chi connectivity index (χ0) is 10.6. The van der Waals surface area contributed by atoms with E-state index in [-0.39, 0.29) is 0 Å². The topological polar surface area (TPSA) is 43.8 Å². The Balaban J connectivity index is 1.99. The Labute approximate surface area is 90.7 Å². The van der Waals surface area contributed by atoms with Crippen LogP contribution in [0.25, 0.3) is 0 Å². The molecule has 1 aliphatic carbocycles. The summed E-state index contributed by atoms with van der Waals surface area (Å²) in [6.45, 7) is 5.49. The Kier molecular flexibility index (Phi) is 1.78. The van der Waals surface area contributed by atoms with Crippen LogP contribution in [0.3, 0.4) is 0 Å². The number of aromatic nitrogens is 2. The molecule has 2 N–H and O–H groups in total. The lowest BCUT2D eigenvalue weighted by Gasteiger charge is -2.25. The van der Waals surface area contributed by atoms with E-state index in [0.29, 0.717) is 17.4 Å². The van der Waals surface area contributed by atoms with Gasteiger partial charge in [-0.2, -0.15) is 0 Å². The molecule has 3 heteroatoms. The molecule has 0 saturated heterocycles. The first kappa shape index (κ1) is 9.40. The number of hydrogen-bond donors (Lipinski definition) is 1. The maximum absolute atomic E-state index is 6.03. The van der Waals surface area contributed by atoms with Crippen LogP contribution in [0.5, 0.6) is 0 Å². The van der Waals surface area contributed by atoms with E-state index < -0.39 is 0 Å². The predicted octanol–water partition coefficient (Wildman–Crippen LogP) is 1.77. The van der Waals surface area contributed by atoms with Crippen molar-refractivity contribution in [2.24, 2.45) is 5.73 Å². The molecule has 0 bridgehead atoms. The molecule has 82 valence electrons. The number of nitrogens with two attached hydrogens (primary N) is 1. The Morgan fingerprint density at radius 1 is 1.53 bits per heavy atom. The highest BCUT2D eigenvalue weighted by Gasteiger charge is 2.42. The highest BCUT2D eigenvalue weighted by Crippen LogP contribution is 2.47. The first-order chi connectivity index (χ1) is 7.08. The average molecular weight is 205 g/mol. The first-order valence-corrected chi connectivity index (χ1v) is 5.92. The minimum Gasteiger partial charge on any atom is -0.333 e. The van der Waals surface area contributed by atoms with E-state index in [1.807, 2.05) is 0 Å². The molecule has 1 fully saturated rings. The van der Waals surface area contributed by atoms with Crippen LogP contribution >= 0.6 is 0 Å². The molecule has 15 heavy (non-hydrogen) atoms. The summed E-state index contributed by atoms with van der Waals surface area (Å²) in [5.41, 5.74) is 7.70. The van der Waals surface area contributed by atoms with Crippen LogP contribution < -0.4 is 5.73 Å². The summed E-state index contributed by atoms with van der Waals surface area (Å²) in [6.07, 6.45) is 5.90. The van der Waals surface area contributed by atoms with E-state index in [1.54, 1.807) is 0 Å². The summed E-state index contributed by atoms with van der Waals surface area (Å²) in [5.74, 6) is 1.77. The maximum Gasteiger partial charge on any atom is 0.111 e. The summed E-state index contributed by atoms with van der Waals surface area (Å²) >= 11 is 0. The second kappa shape index (κ2) is 2.85. The molecule has 1 aromatic rings. The zero-order valence-electron chi connectivity index (χ0n) is 9.53. The van der Waals surface area contributed by atoms with E-state index in [4.69, 9.17) is 10.7 Å². The summed E-state index contributed by atoms with van der Waals surface area (Å²) in [4.78, 5) is 4.81. The predicted molar refractivity (Wildman–Crippen MR) is 59.8 cm³/mol. The quantitative estimate of drug-likeness (QED) is 0.759. The normalized spacial score (nSPS) is 32.5. The van der Waals surface area contributed by atoms with Gasteiger partial charge in [-0.25, -0.2) is 4.98 Å². The maximum atomic E-state index is 6.03. The average Bonchev–Trinajstić information content (AvgIpc) is 2.77. The van der Waals surface area contributed by atoms with Gasteiger partial charge in [0.2, 0.25) is 0 Å². The van der Waals surface area contributed by atoms with Crippen LogP contribution in [0.1, 0.15) is 50.5 Å². The minimum absolute atomic E-state index is 0.307. The first-order valence-electron chi connectivity index (χ1n) is 5.92. The fraction of sp³-hybridized carbons (Fsp3) is 0.750. The molecule has 0 spiro atoms. The summed E-state index contributed by atoms with van der Waals surface area (Å²) in [6, 6.07) is 0.307. The van der Waals surface area contributed by atoms with Crippen molar-refractivity contribution < 1.29 is 0 Å². The van der Waals surface area contributed by atoms with E-state index in [1.165, 1.54) is 24.4 Å². The Hall–Kier alpha value is -0.830. The Bertz CT molecular complexity index is 390. The molecular weight excluding hydrogens is 186 g/mol. The molecule has 3 rings (SSSR count). The largest absolute Gasteiger partial charge is 0.333 e. The van der Waals surface area contributed by atoms with E-state index >= 15 is 0 Å². The van der Waals surface area contributed by atoms with Crippen molar-refractivity contribution in [3.8, 4) is 0 Å². The number of imidazole rings is 1. The molecule has 1 saturated carbocycles. The molecular formula is C12H19N3. The van der Waals surface area contributed by atoms with Gasteiger partial charge in [-0.3, -0.25) is 0 Å². The highest BCUT2D eigenvalue weighted by atomic mass is 15.1. The van der Waals surface area contributed by atoms with E-state index in [2.05, 4.69) is 24.6 Å². The molecule has 1 aromatic heterocycles. The zero-order valence-corrected chi connectivity index (χ0v) is 9.53. The van der Waals surface area contributed by atoms with Crippen molar-refractivity contribution in [2.45, 2.75) is 57.0 Å². The summed E-state index contributed by atoms with van der Waals surface area (Å²) < 4.78 is 2.28. The summed E-state index contributed by atoms with van der Waals surface area (Å²) in [5, 5.41) is 0. The minimum atomic E-state index is 0.307. The molecule has 0 amide bonds. The van der Waals surface area contributed by atoms with Crippen molar-refractivity contribution in [1.82, 2.24) is 9.55 Å². The monoisotopic (exact) mass is 205 g/mol. The third-order valence-electron chi connectivity index (χ3n) is 3.95. The van der Waals surface area contributed by atoms with E-state index in [9.17, 15) is 0 Å². The van der Waals surface area contributed by atoms with Crippen LogP contribution in [0, 0.1) is 0 Å². The molecule has 2 unspecified atom stereocenters. The SMILES string of the molecule is CC1CC(N)Cn2cc(C3(C)CC3)nc21. The molecule has 2 heterocycles. The lowest BCUT2D eigenvalue weighted by molar-refractivity contribution is 0.407. The van der Waals surface area contributed by atoms with Gasteiger partial charge in [-0.1, -0.05) is 13.8 Å². The fourth-order valence-electron chi connectivity index (χ4n) is 2.59. The molecule has 2 aliphatic rings. The van der Waals surface area contributed by atoms with Crippen LogP contribution in [0.15, 0.2) is 6.20 Å². The van der Waals surface area contributed by atoms with Gasteiger partial charge in [0.25, 0.3) is 0 Å². The number of fused-ring (bicyclic) bond motifs is 1. The third kappa shape index (κ3) is 1.41. The van der Waals surface area contributed by atoms with E-state index in [0.717, 1.165) is 13.0 Å². The molecule has 0 radical (unpaired) electrons. The van der Waals surface area contributed by atoms with Crippen molar-refractivity contribution in [3.63, 3.8) is 0 Å². The third-order valence-corrected chi connectivity index (χ3v) is 3.95. The van der Waals surface area contributed by atoms with Gasteiger partial charge in [0.15, 0.2) is 0 Å². The Morgan fingerprint density at radius 3 is 2.93 bits per heavy atom. The van der Waals surface area contributed by atoms with Gasteiger partial charge in [0, 0.05) is 30.1 Å². The number of rotatable bonds is 1. The van der Waals surface area contributed by atoms with Crippen molar-refractivity contribution in [3.05, 3.63) is 17.7 Å². The number of nitrogens with zero attached hydrogens (tertiary/aromatic N) is 2. The number of hydrogen-bond acceptors (Lipinski definition) is 2. The molecule has 3 nitrogen and oxygen atoms in total. The second-order valence-corrected chi connectivity index (χ2v) is 5.59. The van der Waals surface area contributed by atoms with Crippen LogP contribution in [0.4, 0.5) is 0 Å². The smallest absolute Gasteiger partial charge is 0.111 e. The summed E-state index contributed by atoms with van der Waals surface area (Å²) in [7, 11) is 0. The van der Waals surface area contributed by atoms with Gasteiger partial charge in [-0.15, -0.1) is 0 Å². The highest BCUT2D eigenvalue weighted by molar-refractivity contribution is 5.24. The van der Waals surface area contributed by atoms with Crippen molar-refractivity contribution in [2.75, 3.05) is 0 Å². The van der Waals surface area contributed by atoms with Gasteiger partial charge >= 0.3 is 0 Å². The molecule has 2 atom stereocenters. The molecule has 1 aliphatic heterocycles. The van der Waals surface area contributed by atoms with Gasteiger partial charge in [-0.05, 0) is 19.3 Å². The van der Waals surface area contributed by atoms with Gasteiger partial charge in [0.1, 0.15) is 5.82 Å².